The van der Waals surface area contributed by atoms with E-state index in [1.54, 1.807) is 22.6 Å². The molecule has 5 rings (SSSR count). The van der Waals surface area contributed by atoms with Crippen molar-refractivity contribution < 1.29 is 18.7 Å². The number of benzene rings is 1. The predicted octanol–water partition coefficient (Wildman–Crippen LogP) is 4.07. The van der Waals surface area contributed by atoms with Crippen molar-refractivity contribution in [2.24, 2.45) is 5.41 Å². The average Bonchev–Trinajstić information content (AvgIpc) is 3.38. The monoisotopic (exact) mass is 499 g/mol. The highest BCUT2D eigenvalue weighted by molar-refractivity contribution is 6.34. The predicted molar refractivity (Wildman–Crippen MR) is 129 cm³/mol. The van der Waals surface area contributed by atoms with Crippen molar-refractivity contribution in [3.05, 3.63) is 58.3 Å². The lowest BCUT2D eigenvalue weighted by molar-refractivity contribution is -0.127. The van der Waals surface area contributed by atoms with Crippen LogP contribution in [0.25, 0.3) is 5.65 Å². The number of ether oxygens (including phenoxy) is 1. The molecule has 2 aliphatic rings. The number of rotatable bonds is 5. The van der Waals surface area contributed by atoms with Crippen molar-refractivity contribution in [3.63, 3.8) is 0 Å². The summed E-state index contributed by atoms with van der Waals surface area (Å²) >= 11 is 6.21. The Morgan fingerprint density at radius 2 is 2.06 bits per heavy atom. The van der Waals surface area contributed by atoms with E-state index in [0.29, 0.717) is 55.7 Å². The fraction of sp³-hybridized carbons (Fsp3) is 0.440. The number of methoxy groups -OCH3 is 1. The highest BCUT2D eigenvalue weighted by Crippen LogP contribution is 2.47. The third-order valence-electron chi connectivity index (χ3n) is 7.23. The first kappa shape index (κ1) is 23.7. The van der Waals surface area contributed by atoms with Crippen LogP contribution in [-0.4, -0.2) is 46.1 Å². The van der Waals surface area contributed by atoms with Gasteiger partial charge in [-0.25, -0.2) is 13.9 Å². The normalized spacial score (nSPS) is 22.3. The molecule has 1 aliphatic heterocycles. The summed E-state index contributed by atoms with van der Waals surface area (Å²) in [6, 6.07) is 5.96. The number of carbonyl (C=O) groups excluding carboxylic acids is 2. The highest BCUT2D eigenvalue weighted by Gasteiger charge is 2.49. The molecule has 10 heteroatoms. The van der Waals surface area contributed by atoms with Crippen LogP contribution < -0.4 is 10.2 Å². The number of anilines is 1. The number of amides is 2. The van der Waals surface area contributed by atoms with Crippen molar-refractivity contribution in [2.75, 3.05) is 18.6 Å². The minimum absolute atomic E-state index is 0.0313. The van der Waals surface area contributed by atoms with E-state index in [1.165, 1.54) is 18.3 Å². The molecule has 0 radical (unpaired) electrons. The van der Waals surface area contributed by atoms with Crippen LogP contribution in [0.15, 0.2) is 30.5 Å². The van der Waals surface area contributed by atoms with Crippen molar-refractivity contribution in [1.29, 1.82) is 0 Å². The van der Waals surface area contributed by atoms with Gasteiger partial charge in [-0.1, -0.05) is 11.6 Å². The second-order valence-corrected chi connectivity index (χ2v) is 9.85. The summed E-state index contributed by atoms with van der Waals surface area (Å²) in [7, 11) is 1.60. The highest BCUT2D eigenvalue weighted by atomic mass is 35.5. The lowest BCUT2D eigenvalue weighted by Crippen LogP contribution is -2.44. The van der Waals surface area contributed by atoms with E-state index in [9.17, 15) is 14.0 Å². The van der Waals surface area contributed by atoms with Crippen molar-refractivity contribution in [2.45, 2.75) is 51.7 Å². The lowest BCUT2D eigenvalue weighted by atomic mass is 9.71. The number of aryl methyl sites for hydroxylation is 1. The Bertz CT molecular complexity index is 1300. The zero-order valence-corrected chi connectivity index (χ0v) is 20.4. The molecule has 1 saturated carbocycles. The maximum Gasteiger partial charge on any atom is 0.256 e. The first-order valence-electron chi connectivity index (χ1n) is 11.7. The molecule has 1 spiro atoms. The first-order chi connectivity index (χ1) is 16.8. The van der Waals surface area contributed by atoms with Crippen LogP contribution >= 0.6 is 11.6 Å². The van der Waals surface area contributed by atoms with Gasteiger partial charge in [-0.2, -0.15) is 5.10 Å². The van der Waals surface area contributed by atoms with Gasteiger partial charge in [0.1, 0.15) is 11.4 Å². The summed E-state index contributed by atoms with van der Waals surface area (Å²) in [5.74, 6) is -0.619. The van der Waals surface area contributed by atoms with Crippen LogP contribution in [0.4, 0.5) is 10.1 Å². The van der Waals surface area contributed by atoms with E-state index in [-0.39, 0.29) is 22.9 Å². The maximum atomic E-state index is 13.5. The van der Waals surface area contributed by atoms with Crippen molar-refractivity contribution in [3.8, 4) is 0 Å². The Balaban J connectivity index is 1.26. The van der Waals surface area contributed by atoms with Gasteiger partial charge >= 0.3 is 0 Å². The molecule has 0 unspecified atom stereocenters. The number of nitrogens with zero attached hydrogens (tertiary/aromatic N) is 4. The largest absolute Gasteiger partial charge is 0.378 e. The van der Waals surface area contributed by atoms with Crippen molar-refractivity contribution >= 4 is 34.7 Å². The van der Waals surface area contributed by atoms with Gasteiger partial charge in [0.05, 0.1) is 34.6 Å². The lowest BCUT2D eigenvalue weighted by Gasteiger charge is -2.36. The van der Waals surface area contributed by atoms with E-state index >= 15 is 0 Å². The smallest absolute Gasteiger partial charge is 0.256 e. The van der Waals surface area contributed by atoms with E-state index in [1.807, 2.05) is 13.0 Å². The quantitative estimate of drug-likeness (QED) is 0.571. The molecule has 2 fully saturated rings. The van der Waals surface area contributed by atoms with Gasteiger partial charge in [0, 0.05) is 25.4 Å². The number of aromatic nitrogens is 3. The molecule has 3 aromatic rings. The summed E-state index contributed by atoms with van der Waals surface area (Å²) in [4.78, 5) is 32.7. The zero-order chi connectivity index (χ0) is 24.7. The zero-order valence-electron chi connectivity index (χ0n) is 19.7. The van der Waals surface area contributed by atoms with E-state index in [0.717, 1.165) is 17.8 Å². The molecule has 3 heterocycles. The standard InChI is InChI=1S/C25H27ClFN5O3/c1-15-11-18(14-35-2)29-22-19(13-28-32(15)22)23(33)30-17-5-7-25(8-6-17)9-10-31(24(25)34)21-4-3-16(27)12-20(21)26/h3-4,11-13,17H,5-10,14H2,1-2H3,(H,30,33)/t17-,25+. The van der Waals surface area contributed by atoms with Crippen LogP contribution in [-0.2, 0) is 16.1 Å². The molecule has 2 aromatic heterocycles. The van der Waals surface area contributed by atoms with Crippen LogP contribution in [0.1, 0.15) is 53.8 Å². The third-order valence-corrected chi connectivity index (χ3v) is 7.53. The van der Waals surface area contributed by atoms with E-state index < -0.39 is 11.2 Å². The Kier molecular flexibility index (Phi) is 6.23. The van der Waals surface area contributed by atoms with Gasteiger partial charge in [-0.05, 0) is 63.3 Å². The average molecular weight is 500 g/mol. The molecule has 8 nitrogen and oxygen atoms in total. The Morgan fingerprint density at radius 1 is 1.29 bits per heavy atom. The van der Waals surface area contributed by atoms with Crippen LogP contribution in [0.3, 0.4) is 0 Å². The SMILES string of the molecule is COCc1cc(C)n2ncc(C(=O)N[C@H]3CC[C@]4(CCN(c5ccc(F)cc5Cl)C4=O)CC3)c2n1. The third kappa shape index (κ3) is 4.27. The van der Waals surface area contributed by atoms with Gasteiger partial charge < -0.3 is 15.0 Å². The summed E-state index contributed by atoms with van der Waals surface area (Å²) in [6.45, 7) is 2.81. The summed E-state index contributed by atoms with van der Waals surface area (Å²) in [5, 5.41) is 7.67. The number of hydrogen-bond acceptors (Lipinski definition) is 5. The molecule has 0 bridgehead atoms. The van der Waals surface area contributed by atoms with Crippen LogP contribution in [0.5, 0.6) is 0 Å². The Labute approximate surface area is 207 Å². The molecule has 2 amide bonds. The second-order valence-electron chi connectivity index (χ2n) is 9.45. The topological polar surface area (TPSA) is 88.8 Å². The Hall–Kier alpha value is -3.04. The van der Waals surface area contributed by atoms with Crippen LogP contribution in [0, 0.1) is 18.2 Å². The molecule has 1 aliphatic carbocycles. The van der Waals surface area contributed by atoms with Crippen LogP contribution in [0.2, 0.25) is 5.02 Å². The second kappa shape index (κ2) is 9.20. The minimum atomic E-state index is -0.461. The molecule has 1 aromatic carbocycles. The van der Waals surface area contributed by atoms with Gasteiger partial charge in [0.25, 0.3) is 5.91 Å². The Morgan fingerprint density at radius 3 is 2.77 bits per heavy atom. The minimum Gasteiger partial charge on any atom is -0.378 e. The fourth-order valence-electron chi connectivity index (χ4n) is 5.35. The molecule has 35 heavy (non-hydrogen) atoms. The number of fused-ring (bicyclic) bond motifs is 1. The van der Waals surface area contributed by atoms with Gasteiger partial charge in [0.2, 0.25) is 5.91 Å². The number of nitrogens with one attached hydrogen (secondary N) is 1. The number of carbonyl (C=O) groups is 2. The number of halogens is 2. The van der Waals surface area contributed by atoms with Gasteiger partial charge in [-0.3, -0.25) is 9.59 Å². The van der Waals surface area contributed by atoms with E-state index in [2.05, 4.69) is 15.4 Å². The molecule has 1 N–H and O–H groups in total. The van der Waals surface area contributed by atoms with Crippen molar-refractivity contribution in [1.82, 2.24) is 19.9 Å². The molecular formula is C25H27ClFN5O3. The number of hydrogen-bond donors (Lipinski definition) is 1. The van der Waals surface area contributed by atoms with Gasteiger partial charge in [-0.15, -0.1) is 0 Å². The molecule has 184 valence electrons. The fourth-order valence-corrected chi connectivity index (χ4v) is 5.62. The first-order valence-corrected chi connectivity index (χ1v) is 12.1. The van der Waals surface area contributed by atoms with E-state index in [4.69, 9.17) is 16.3 Å². The maximum absolute atomic E-state index is 13.5. The summed E-state index contributed by atoms with van der Waals surface area (Å²) in [6.07, 6.45) is 5.01. The molecule has 0 atom stereocenters. The van der Waals surface area contributed by atoms with Gasteiger partial charge in [0.15, 0.2) is 5.65 Å². The summed E-state index contributed by atoms with van der Waals surface area (Å²) in [5.41, 5.74) is 2.61. The summed E-state index contributed by atoms with van der Waals surface area (Å²) < 4.78 is 20.3. The molecule has 1 saturated heterocycles. The molecular weight excluding hydrogens is 473 g/mol.